The van der Waals surface area contributed by atoms with Gasteiger partial charge in [0.15, 0.2) is 0 Å². The van der Waals surface area contributed by atoms with Gasteiger partial charge in [-0.15, -0.1) is 11.3 Å². The fourth-order valence-corrected chi connectivity index (χ4v) is 6.00. The average molecular weight is 495 g/mol. The molecule has 0 radical (unpaired) electrons. The lowest BCUT2D eigenvalue weighted by Crippen LogP contribution is -2.59. The molecule has 8 nitrogen and oxygen atoms in total. The molecular weight excluding hydrogens is 460 g/mol. The molecular formula is C26H34N6O2S. The first-order valence-corrected chi connectivity index (χ1v) is 13.3. The van der Waals surface area contributed by atoms with E-state index in [2.05, 4.69) is 66.2 Å². The van der Waals surface area contributed by atoms with Crippen LogP contribution in [0, 0.1) is 19.8 Å². The van der Waals surface area contributed by atoms with Crippen LogP contribution in [0.2, 0.25) is 0 Å². The lowest BCUT2D eigenvalue weighted by Gasteiger charge is -2.40. The molecule has 186 valence electrons. The normalized spacial score (nSPS) is 19.6. The molecule has 3 aliphatic heterocycles. The van der Waals surface area contributed by atoms with Crippen molar-refractivity contribution in [1.82, 2.24) is 15.2 Å². The molecule has 5 rings (SSSR count). The molecule has 1 aromatic carbocycles. The molecule has 1 unspecified atom stereocenters. The molecule has 3 aliphatic rings. The summed E-state index contributed by atoms with van der Waals surface area (Å²) in [5.74, 6) is 1.37. The first kappa shape index (κ1) is 23.7. The smallest absolute Gasteiger partial charge is 0.269 e. The van der Waals surface area contributed by atoms with Crippen LogP contribution in [-0.2, 0) is 4.79 Å². The van der Waals surface area contributed by atoms with Crippen LogP contribution in [0.15, 0.2) is 34.7 Å². The molecule has 35 heavy (non-hydrogen) atoms. The summed E-state index contributed by atoms with van der Waals surface area (Å²) in [5, 5.41) is 6.52. The number of hydrazone groups is 1. The van der Waals surface area contributed by atoms with E-state index in [-0.39, 0.29) is 18.1 Å². The number of nitrogens with zero attached hydrogens (tertiary/aromatic N) is 5. The topological polar surface area (TPSA) is 71.5 Å². The summed E-state index contributed by atoms with van der Waals surface area (Å²) in [7, 11) is 0. The van der Waals surface area contributed by atoms with Gasteiger partial charge in [-0.1, -0.05) is 26.0 Å². The zero-order valence-electron chi connectivity index (χ0n) is 21.0. The monoisotopic (exact) mass is 494 g/mol. The van der Waals surface area contributed by atoms with Gasteiger partial charge < -0.3 is 9.80 Å². The number of carbonyl (C=O) groups excluding carboxylic acids is 2. The summed E-state index contributed by atoms with van der Waals surface area (Å²) in [6, 6.07) is 8.40. The molecule has 0 bridgehead atoms. The van der Waals surface area contributed by atoms with Crippen LogP contribution in [0.25, 0.3) is 0 Å². The van der Waals surface area contributed by atoms with Gasteiger partial charge in [0, 0.05) is 51.3 Å². The molecule has 2 aromatic rings. The maximum atomic E-state index is 13.1. The van der Waals surface area contributed by atoms with Crippen molar-refractivity contribution in [3.05, 3.63) is 45.6 Å². The Morgan fingerprint density at radius 3 is 2.66 bits per heavy atom. The second-order valence-electron chi connectivity index (χ2n) is 9.97. The van der Waals surface area contributed by atoms with E-state index in [4.69, 9.17) is 0 Å². The summed E-state index contributed by atoms with van der Waals surface area (Å²) in [6.45, 7) is 12.3. The lowest BCUT2D eigenvalue weighted by molar-refractivity contribution is -0.131. The van der Waals surface area contributed by atoms with Gasteiger partial charge in [-0.3, -0.25) is 24.8 Å². The van der Waals surface area contributed by atoms with Crippen molar-refractivity contribution in [1.29, 1.82) is 0 Å². The minimum absolute atomic E-state index is 0.0479. The third kappa shape index (κ3) is 4.37. The number of aryl methyl sites for hydroxylation is 1. The Balaban J connectivity index is 1.21. The SMILES string of the molecule is Cc1cccc(N2CCN(C(=O)CCC3=NNC4N(CC(C)C)C(=O)c5sccc5N34)CC2)c1C. The third-order valence-electron chi connectivity index (χ3n) is 7.16. The number of nitrogens with one attached hydrogen (secondary N) is 1. The van der Waals surface area contributed by atoms with E-state index in [1.165, 1.54) is 28.2 Å². The summed E-state index contributed by atoms with van der Waals surface area (Å²) in [6.07, 6.45) is 0.627. The summed E-state index contributed by atoms with van der Waals surface area (Å²) < 4.78 is 0. The molecule has 0 aliphatic carbocycles. The van der Waals surface area contributed by atoms with Gasteiger partial charge in [0.05, 0.1) is 5.69 Å². The third-order valence-corrected chi connectivity index (χ3v) is 8.05. The van der Waals surface area contributed by atoms with E-state index in [9.17, 15) is 9.59 Å². The number of piperazine rings is 1. The second-order valence-corrected chi connectivity index (χ2v) is 10.9. The summed E-state index contributed by atoms with van der Waals surface area (Å²) in [5.41, 5.74) is 7.93. The number of anilines is 2. The first-order valence-electron chi connectivity index (χ1n) is 12.4. The van der Waals surface area contributed by atoms with E-state index in [1.54, 1.807) is 0 Å². The van der Waals surface area contributed by atoms with Gasteiger partial charge >= 0.3 is 0 Å². The molecule has 9 heteroatoms. The number of thiophene rings is 1. The second kappa shape index (κ2) is 9.53. The van der Waals surface area contributed by atoms with Crippen LogP contribution in [0.1, 0.15) is 47.5 Å². The van der Waals surface area contributed by atoms with E-state index in [0.717, 1.165) is 42.6 Å². The molecule has 1 atom stereocenters. The van der Waals surface area contributed by atoms with Gasteiger partial charge in [0.2, 0.25) is 12.2 Å². The molecule has 1 N–H and O–H groups in total. The highest BCUT2D eigenvalue weighted by Crippen LogP contribution is 2.37. The number of carbonyl (C=O) groups is 2. The van der Waals surface area contributed by atoms with E-state index in [0.29, 0.717) is 25.3 Å². The number of hydrogen-bond donors (Lipinski definition) is 1. The van der Waals surface area contributed by atoms with Crippen LogP contribution >= 0.6 is 11.3 Å². The van der Waals surface area contributed by atoms with Crippen molar-refractivity contribution < 1.29 is 9.59 Å². The quantitative estimate of drug-likeness (QED) is 0.664. The predicted octanol–water partition coefficient (Wildman–Crippen LogP) is 3.61. The van der Waals surface area contributed by atoms with Gasteiger partial charge in [-0.25, -0.2) is 0 Å². The molecule has 1 saturated heterocycles. The largest absolute Gasteiger partial charge is 0.368 e. The number of amidine groups is 1. The van der Waals surface area contributed by atoms with Crippen LogP contribution in [0.4, 0.5) is 11.4 Å². The van der Waals surface area contributed by atoms with Crippen molar-refractivity contribution in [2.75, 3.05) is 42.5 Å². The minimum Gasteiger partial charge on any atom is -0.368 e. The van der Waals surface area contributed by atoms with Crippen molar-refractivity contribution in [3.8, 4) is 0 Å². The number of fused-ring (bicyclic) bond motifs is 3. The highest BCUT2D eigenvalue weighted by atomic mass is 32.1. The summed E-state index contributed by atoms with van der Waals surface area (Å²) >= 11 is 1.47. The van der Waals surface area contributed by atoms with E-state index >= 15 is 0 Å². The zero-order chi connectivity index (χ0) is 24.7. The average Bonchev–Trinajstić information content (AvgIpc) is 3.49. The molecule has 1 aromatic heterocycles. The minimum atomic E-state index is -0.321. The number of hydrogen-bond acceptors (Lipinski definition) is 7. The fraction of sp³-hybridized carbons (Fsp3) is 0.500. The van der Waals surface area contributed by atoms with Crippen LogP contribution < -0.4 is 15.2 Å². The fourth-order valence-electron chi connectivity index (χ4n) is 5.16. The predicted molar refractivity (Wildman–Crippen MR) is 141 cm³/mol. The molecule has 2 amide bonds. The Bertz CT molecular complexity index is 1150. The number of amides is 2. The Hall–Kier alpha value is -3.07. The standard InChI is InChI=1S/C26H34N6O2S/c1-17(2)16-31-25(34)24-21(10-15-35-24)32-22(27-28-26(31)32)8-9-23(33)30-13-11-29(12-14-30)20-7-5-6-18(3)19(20)4/h5-7,10,15,17,26,28H,8-9,11-14,16H2,1-4H3. The molecule has 0 spiro atoms. The van der Waals surface area contributed by atoms with Crippen molar-refractivity contribution in [3.63, 3.8) is 0 Å². The van der Waals surface area contributed by atoms with E-state index in [1.807, 2.05) is 21.2 Å². The first-order chi connectivity index (χ1) is 16.8. The molecule has 0 saturated carbocycles. The lowest BCUT2D eigenvalue weighted by atomic mass is 10.1. The highest BCUT2D eigenvalue weighted by Gasteiger charge is 2.43. The van der Waals surface area contributed by atoms with E-state index < -0.39 is 0 Å². The number of benzene rings is 1. The Labute approximate surface area is 211 Å². The van der Waals surface area contributed by atoms with Crippen molar-refractivity contribution >= 4 is 40.4 Å². The van der Waals surface area contributed by atoms with Crippen LogP contribution in [0.5, 0.6) is 0 Å². The van der Waals surface area contributed by atoms with Gasteiger partial charge in [-0.2, -0.15) is 5.10 Å². The number of rotatable bonds is 6. The van der Waals surface area contributed by atoms with Gasteiger partial charge in [0.25, 0.3) is 5.91 Å². The Kier molecular flexibility index (Phi) is 6.44. The Morgan fingerprint density at radius 1 is 1.14 bits per heavy atom. The maximum Gasteiger partial charge on any atom is 0.269 e. The van der Waals surface area contributed by atoms with Crippen LogP contribution in [0.3, 0.4) is 0 Å². The van der Waals surface area contributed by atoms with Gasteiger partial charge in [-0.05, 0) is 48.4 Å². The van der Waals surface area contributed by atoms with Crippen molar-refractivity contribution in [2.24, 2.45) is 11.0 Å². The summed E-state index contributed by atoms with van der Waals surface area (Å²) in [4.78, 5) is 35.2. The maximum absolute atomic E-state index is 13.1. The van der Waals surface area contributed by atoms with Crippen molar-refractivity contribution in [2.45, 2.75) is 46.8 Å². The zero-order valence-corrected chi connectivity index (χ0v) is 21.8. The highest BCUT2D eigenvalue weighted by molar-refractivity contribution is 7.12. The van der Waals surface area contributed by atoms with Crippen LogP contribution in [-0.4, -0.2) is 66.5 Å². The molecule has 4 heterocycles. The van der Waals surface area contributed by atoms with Gasteiger partial charge in [0.1, 0.15) is 10.7 Å². The Morgan fingerprint density at radius 2 is 1.91 bits per heavy atom. The molecule has 1 fully saturated rings.